The number of halogens is 1. The highest BCUT2D eigenvalue weighted by atomic mass is 32.1. The molecule has 2 aromatic carbocycles. The number of carbonyl (C=O) groups excluding carboxylic acids is 2. The maximum atomic E-state index is 13.5. The van der Waals surface area contributed by atoms with E-state index >= 15 is 0 Å². The van der Waals surface area contributed by atoms with Gasteiger partial charge >= 0.3 is 0 Å². The Morgan fingerprint density at radius 3 is 2.57 bits per heavy atom. The van der Waals surface area contributed by atoms with Crippen LogP contribution in [0.3, 0.4) is 0 Å². The van der Waals surface area contributed by atoms with Gasteiger partial charge < -0.3 is 15.4 Å². The summed E-state index contributed by atoms with van der Waals surface area (Å²) in [6.45, 7) is 2.80. The maximum absolute atomic E-state index is 13.5. The molecule has 0 aliphatic heterocycles. The second kappa shape index (κ2) is 10.5. The highest BCUT2D eigenvalue weighted by Crippen LogP contribution is 2.16. The molecule has 6 nitrogen and oxygen atoms in total. The van der Waals surface area contributed by atoms with E-state index in [0.29, 0.717) is 12.3 Å². The Kier molecular flexibility index (Phi) is 7.51. The van der Waals surface area contributed by atoms with Crippen LogP contribution in [0.15, 0.2) is 53.9 Å². The monoisotopic (exact) mass is 427 g/mol. The van der Waals surface area contributed by atoms with Crippen LogP contribution >= 0.6 is 11.3 Å². The number of hydrogen-bond donors (Lipinski definition) is 2. The van der Waals surface area contributed by atoms with Crippen molar-refractivity contribution in [1.82, 2.24) is 15.6 Å². The molecule has 0 radical (unpaired) electrons. The zero-order valence-electron chi connectivity index (χ0n) is 16.5. The van der Waals surface area contributed by atoms with Crippen LogP contribution in [0.4, 0.5) is 4.39 Å². The van der Waals surface area contributed by atoms with Gasteiger partial charge in [-0.25, -0.2) is 9.37 Å². The van der Waals surface area contributed by atoms with E-state index in [9.17, 15) is 14.0 Å². The second-order valence-electron chi connectivity index (χ2n) is 6.60. The van der Waals surface area contributed by atoms with Gasteiger partial charge in [0.1, 0.15) is 23.2 Å². The topological polar surface area (TPSA) is 80.3 Å². The second-order valence-corrected chi connectivity index (χ2v) is 7.54. The Labute approximate surface area is 178 Å². The van der Waals surface area contributed by atoms with Crippen LogP contribution in [0, 0.1) is 12.7 Å². The van der Waals surface area contributed by atoms with Crippen LogP contribution in [0.2, 0.25) is 0 Å². The molecular formula is C22H22FN3O3S. The molecule has 0 saturated carbocycles. The SMILES string of the molecule is Cc1ccc(OCc2nc(CC(=O)NCCNC(=O)c3ccccc3F)cs2)cc1. The Bertz CT molecular complexity index is 1000. The van der Waals surface area contributed by atoms with Crippen molar-refractivity contribution < 1.29 is 18.7 Å². The standard InChI is InChI=1S/C22H22FN3O3S/c1-15-6-8-17(9-7-15)29-13-21-26-16(14-30-21)12-20(27)24-10-11-25-22(28)18-4-2-3-5-19(18)23/h2-9,14H,10-13H2,1H3,(H,24,27)(H,25,28). The van der Waals surface area contributed by atoms with E-state index in [1.54, 1.807) is 6.07 Å². The number of nitrogens with zero attached hydrogens (tertiary/aromatic N) is 1. The van der Waals surface area contributed by atoms with Crippen molar-refractivity contribution in [3.8, 4) is 5.75 Å². The zero-order chi connectivity index (χ0) is 21.3. The normalized spacial score (nSPS) is 10.5. The van der Waals surface area contributed by atoms with Crippen LogP contribution in [0.25, 0.3) is 0 Å². The molecule has 3 aromatic rings. The molecule has 2 amide bonds. The van der Waals surface area contributed by atoms with Gasteiger partial charge in [-0.05, 0) is 31.2 Å². The lowest BCUT2D eigenvalue weighted by Crippen LogP contribution is -2.35. The van der Waals surface area contributed by atoms with E-state index in [4.69, 9.17) is 4.74 Å². The number of rotatable bonds is 9. The molecule has 0 spiro atoms. The van der Waals surface area contributed by atoms with Crippen molar-refractivity contribution in [1.29, 1.82) is 0 Å². The predicted octanol–water partition coefficient (Wildman–Crippen LogP) is 3.26. The Balaban J connectivity index is 1.36. The quantitative estimate of drug-likeness (QED) is 0.514. The molecule has 30 heavy (non-hydrogen) atoms. The summed E-state index contributed by atoms with van der Waals surface area (Å²) in [6, 6.07) is 13.5. The van der Waals surface area contributed by atoms with Crippen LogP contribution in [0.5, 0.6) is 5.75 Å². The average Bonchev–Trinajstić information content (AvgIpc) is 3.18. The summed E-state index contributed by atoms with van der Waals surface area (Å²) < 4.78 is 19.2. The van der Waals surface area contributed by atoms with E-state index in [1.165, 1.54) is 29.5 Å². The molecule has 0 fully saturated rings. The fourth-order valence-corrected chi connectivity index (χ4v) is 3.33. The Morgan fingerprint density at radius 2 is 1.80 bits per heavy atom. The van der Waals surface area contributed by atoms with Crippen molar-refractivity contribution >= 4 is 23.2 Å². The molecule has 0 atom stereocenters. The van der Waals surface area contributed by atoms with E-state index < -0.39 is 11.7 Å². The predicted molar refractivity (Wildman–Crippen MR) is 113 cm³/mol. The fourth-order valence-electron chi connectivity index (χ4n) is 2.62. The summed E-state index contributed by atoms with van der Waals surface area (Å²) in [4.78, 5) is 28.4. The number of thiazole rings is 1. The molecule has 0 saturated heterocycles. The van der Waals surface area contributed by atoms with Crippen molar-refractivity contribution in [3.05, 3.63) is 81.6 Å². The Hall–Kier alpha value is -3.26. The maximum Gasteiger partial charge on any atom is 0.254 e. The fraction of sp³-hybridized carbons (Fsp3) is 0.227. The van der Waals surface area contributed by atoms with Gasteiger partial charge in [0.25, 0.3) is 5.91 Å². The van der Waals surface area contributed by atoms with Gasteiger partial charge in [0.15, 0.2) is 0 Å². The van der Waals surface area contributed by atoms with Gasteiger partial charge in [0.05, 0.1) is 17.7 Å². The summed E-state index contributed by atoms with van der Waals surface area (Å²) in [5.74, 6) is -0.524. The van der Waals surface area contributed by atoms with Gasteiger partial charge in [-0.3, -0.25) is 9.59 Å². The summed E-state index contributed by atoms with van der Waals surface area (Å²) >= 11 is 1.44. The highest BCUT2D eigenvalue weighted by Gasteiger charge is 2.11. The lowest BCUT2D eigenvalue weighted by molar-refractivity contribution is -0.120. The van der Waals surface area contributed by atoms with Crippen molar-refractivity contribution in [2.24, 2.45) is 0 Å². The number of amides is 2. The van der Waals surface area contributed by atoms with Gasteiger partial charge in [0.2, 0.25) is 5.91 Å². The molecule has 1 aromatic heterocycles. The first-order valence-corrected chi connectivity index (χ1v) is 10.3. The van der Waals surface area contributed by atoms with E-state index in [-0.39, 0.29) is 31.0 Å². The smallest absolute Gasteiger partial charge is 0.254 e. The van der Waals surface area contributed by atoms with Gasteiger partial charge in [-0.2, -0.15) is 0 Å². The minimum absolute atomic E-state index is 0.0216. The first-order valence-electron chi connectivity index (χ1n) is 9.43. The highest BCUT2D eigenvalue weighted by molar-refractivity contribution is 7.09. The summed E-state index contributed by atoms with van der Waals surface area (Å²) in [5, 5.41) is 7.90. The van der Waals surface area contributed by atoms with Crippen molar-refractivity contribution in [2.45, 2.75) is 20.0 Å². The number of aromatic nitrogens is 1. The summed E-state index contributed by atoms with van der Waals surface area (Å²) in [5.41, 5.74) is 1.80. The molecule has 2 N–H and O–H groups in total. The first-order chi connectivity index (χ1) is 14.5. The third kappa shape index (κ3) is 6.38. The summed E-state index contributed by atoms with van der Waals surface area (Å²) in [7, 11) is 0. The average molecular weight is 428 g/mol. The Morgan fingerprint density at radius 1 is 1.07 bits per heavy atom. The molecule has 0 aliphatic carbocycles. The molecule has 0 aliphatic rings. The number of benzene rings is 2. The van der Waals surface area contributed by atoms with Crippen LogP contribution in [0.1, 0.15) is 26.6 Å². The third-order valence-corrected chi connectivity index (χ3v) is 5.05. The molecular weight excluding hydrogens is 405 g/mol. The molecule has 3 rings (SSSR count). The van der Waals surface area contributed by atoms with Crippen molar-refractivity contribution in [2.75, 3.05) is 13.1 Å². The number of carbonyl (C=O) groups is 2. The van der Waals surface area contributed by atoms with E-state index in [0.717, 1.165) is 16.3 Å². The van der Waals surface area contributed by atoms with E-state index in [1.807, 2.05) is 36.6 Å². The number of aryl methyl sites for hydroxylation is 1. The molecule has 8 heteroatoms. The van der Waals surface area contributed by atoms with Crippen LogP contribution in [-0.4, -0.2) is 29.9 Å². The third-order valence-electron chi connectivity index (χ3n) is 4.18. The van der Waals surface area contributed by atoms with Crippen LogP contribution in [-0.2, 0) is 17.8 Å². The van der Waals surface area contributed by atoms with Gasteiger partial charge in [0, 0.05) is 18.5 Å². The number of ether oxygens (including phenoxy) is 1. The lowest BCUT2D eigenvalue weighted by Gasteiger charge is -2.07. The lowest BCUT2D eigenvalue weighted by atomic mass is 10.2. The van der Waals surface area contributed by atoms with Crippen molar-refractivity contribution in [3.63, 3.8) is 0 Å². The largest absolute Gasteiger partial charge is 0.486 e. The molecule has 0 unspecified atom stereocenters. The molecule has 156 valence electrons. The van der Waals surface area contributed by atoms with E-state index in [2.05, 4.69) is 15.6 Å². The minimum atomic E-state index is -0.579. The van der Waals surface area contributed by atoms with Gasteiger partial charge in [-0.1, -0.05) is 29.8 Å². The number of hydrogen-bond acceptors (Lipinski definition) is 5. The zero-order valence-corrected chi connectivity index (χ0v) is 17.3. The van der Waals surface area contributed by atoms with Crippen LogP contribution < -0.4 is 15.4 Å². The summed E-state index contributed by atoms with van der Waals surface area (Å²) in [6.07, 6.45) is 0.141. The minimum Gasteiger partial charge on any atom is -0.486 e. The molecule has 0 bridgehead atoms. The number of nitrogens with one attached hydrogen (secondary N) is 2. The van der Waals surface area contributed by atoms with Gasteiger partial charge in [-0.15, -0.1) is 11.3 Å². The first kappa shape index (κ1) is 21.4. The molecule has 1 heterocycles.